The molecule has 0 unspecified atom stereocenters. The maximum atomic E-state index is 11.0. The van der Waals surface area contributed by atoms with Crippen LogP contribution in [-0.2, 0) is 9.53 Å². The van der Waals surface area contributed by atoms with Gasteiger partial charge in [0.2, 0.25) is 0 Å². The number of thiocarbonyl (C=S) groups is 1. The summed E-state index contributed by atoms with van der Waals surface area (Å²) in [5.74, 6) is -0.456. The molecule has 2 N–H and O–H groups in total. The summed E-state index contributed by atoms with van der Waals surface area (Å²) < 4.78 is 4.68. The Hall–Kier alpha value is -0.900. The fourth-order valence-electron chi connectivity index (χ4n) is 0.511. The Labute approximate surface area is 71.2 Å². The third kappa shape index (κ3) is 3.13. The molecular weight excluding hydrogens is 162 g/mol. The van der Waals surface area contributed by atoms with Crippen molar-refractivity contribution in [3.63, 3.8) is 0 Å². The highest BCUT2D eigenvalue weighted by atomic mass is 32.1. The predicted octanol–water partition coefficient (Wildman–Crippen LogP) is 0.782. The molecule has 3 nitrogen and oxygen atoms in total. The summed E-state index contributed by atoms with van der Waals surface area (Å²) in [5, 5.41) is 1.23. The van der Waals surface area contributed by atoms with Gasteiger partial charge in [0.15, 0.2) is 0 Å². The first-order chi connectivity index (χ1) is 5.13. The topological polar surface area (TPSA) is 52.3 Å². The number of rotatable bonds is 3. The second-order valence-electron chi connectivity index (χ2n) is 1.94. The first kappa shape index (κ1) is 10.1. The van der Waals surface area contributed by atoms with Crippen molar-refractivity contribution in [2.75, 3.05) is 6.61 Å². The van der Waals surface area contributed by atoms with E-state index in [1.807, 2.05) is 0 Å². The molecule has 0 radical (unpaired) electrons. The molecule has 0 heterocycles. The van der Waals surface area contributed by atoms with Crippen LogP contribution in [0.4, 0.5) is 0 Å². The van der Waals surface area contributed by atoms with Gasteiger partial charge in [-0.3, -0.25) is 0 Å². The monoisotopic (exact) mass is 173 g/mol. The van der Waals surface area contributed by atoms with Gasteiger partial charge in [0, 0.05) is 11.1 Å². The molecule has 0 aliphatic rings. The van der Waals surface area contributed by atoms with Gasteiger partial charge < -0.3 is 10.5 Å². The molecule has 0 rings (SSSR count). The largest absolute Gasteiger partial charge is 0.462 e. The molecule has 0 aliphatic carbocycles. The number of nitrogens with two attached hydrogens (primary N) is 1. The highest BCUT2D eigenvalue weighted by Crippen LogP contribution is 1.98. The van der Waals surface area contributed by atoms with E-state index >= 15 is 0 Å². The summed E-state index contributed by atoms with van der Waals surface area (Å²) in [6.07, 6.45) is 0. The zero-order valence-electron chi connectivity index (χ0n) is 6.59. The van der Waals surface area contributed by atoms with E-state index in [1.54, 1.807) is 13.8 Å². The van der Waals surface area contributed by atoms with E-state index in [-0.39, 0.29) is 5.57 Å². The quantitative estimate of drug-likeness (QED) is 0.389. The number of hydrogen-bond donors (Lipinski definition) is 1. The van der Waals surface area contributed by atoms with Crippen LogP contribution < -0.4 is 5.73 Å². The Bertz CT molecular complexity index is 195. The zero-order chi connectivity index (χ0) is 8.85. The molecule has 0 spiro atoms. The number of ether oxygens (including phenoxy) is 1. The van der Waals surface area contributed by atoms with Gasteiger partial charge in [-0.15, -0.1) is 0 Å². The SMILES string of the molecule is CCOC(=O)/C(C=S)=C(/C)N. The van der Waals surface area contributed by atoms with Crippen molar-refractivity contribution in [2.45, 2.75) is 13.8 Å². The van der Waals surface area contributed by atoms with Crippen LogP contribution in [0, 0.1) is 0 Å². The first-order valence-electron chi connectivity index (χ1n) is 3.22. The van der Waals surface area contributed by atoms with Crippen molar-refractivity contribution in [2.24, 2.45) is 5.73 Å². The average Bonchev–Trinajstić information content (AvgIpc) is 1.88. The van der Waals surface area contributed by atoms with Crippen LogP contribution in [0.25, 0.3) is 0 Å². The summed E-state index contributed by atoms with van der Waals surface area (Å²) in [4.78, 5) is 11.0. The van der Waals surface area contributed by atoms with E-state index in [0.717, 1.165) is 0 Å². The smallest absolute Gasteiger partial charge is 0.340 e. The molecule has 0 saturated heterocycles. The van der Waals surface area contributed by atoms with Gasteiger partial charge in [0.1, 0.15) is 0 Å². The van der Waals surface area contributed by atoms with Gasteiger partial charge in [-0.25, -0.2) is 4.79 Å². The lowest BCUT2D eigenvalue weighted by molar-refractivity contribution is -0.137. The number of carbonyl (C=O) groups excluding carboxylic acids is 1. The lowest BCUT2D eigenvalue weighted by Crippen LogP contribution is -2.12. The van der Waals surface area contributed by atoms with Gasteiger partial charge in [-0.1, -0.05) is 12.2 Å². The third-order valence-electron chi connectivity index (χ3n) is 1.04. The third-order valence-corrected chi connectivity index (χ3v) is 1.27. The summed E-state index contributed by atoms with van der Waals surface area (Å²) in [6.45, 7) is 3.67. The van der Waals surface area contributed by atoms with E-state index in [2.05, 4.69) is 17.0 Å². The first-order valence-corrected chi connectivity index (χ1v) is 3.69. The molecular formula is C7H11NO2S. The highest BCUT2D eigenvalue weighted by molar-refractivity contribution is 7.79. The highest BCUT2D eigenvalue weighted by Gasteiger charge is 2.08. The second-order valence-corrected chi connectivity index (χ2v) is 2.17. The fourth-order valence-corrected chi connectivity index (χ4v) is 0.793. The Morgan fingerprint density at radius 2 is 2.27 bits per heavy atom. The van der Waals surface area contributed by atoms with Crippen molar-refractivity contribution >= 4 is 23.6 Å². The molecule has 11 heavy (non-hydrogen) atoms. The summed E-state index contributed by atoms with van der Waals surface area (Å²) in [6, 6.07) is 0. The van der Waals surface area contributed by atoms with E-state index in [0.29, 0.717) is 12.3 Å². The molecule has 4 heteroatoms. The number of hydrogen-bond acceptors (Lipinski definition) is 4. The van der Waals surface area contributed by atoms with E-state index < -0.39 is 5.97 Å². The number of allylic oxidation sites excluding steroid dienone is 1. The van der Waals surface area contributed by atoms with Crippen LogP contribution >= 0.6 is 12.2 Å². The molecule has 0 atom stereocenters. The summed E-state index contributed by atoms with van der Waals surface area (Å²) in [7, 11) is 0. The molecule has 0 aromatic heterocycles. The molecule has 0 aliphatic heterocycles. The second kappa shape index (κ2) is 4.85. The van der Waals surface area contributed by atoms with Crippen molar-refractivity contribution in [3.8, 4) is 0 Å². The van der Waals surface area contributed by atoms with E-state index in [1.165, 1.54) is 5.37 Å². The fraction of sp³-hybridized carbons (Fsp3) is 0.429. The van der Waals surface area contributed by atoms with E-state index in [9.17, 15) is 4.79 Å². The average molecular weight is 173 g/mol. The molecule has 0 saturated carbocycles. The van der Waals surface area contributed by atoms with Crippen LogP contribution in [-0.4, -0.2) is 17.9 Å². The molecule has 0 amide bonds. The van der Waals surface area contributed by atoms with Crippen LogP contribution in [0.2, 0.25) is 0 Å². The van der Waals surface area contributed by atoms with Crippen molar-refractivity contribution in [3.05, 3.63) is 11.3 Å². The van der Waals surface area contributed by atoms with Gasteiger partial charge in [-0.05, 0) is 13.8 Å². The molecule has 0 aromatic carbocycles. The maximum absolute atomic E-state index is 11.0. The Morgan fingerprint density at radius 3 is 2.55 bits per heavy atom. The van der Waals surface area contributed by atoms with Crippen LogP contribution in [0.1, 0.15) is 13.8 Å². The van der Waals surface area contributed by atoms with Crippen LogP contribution in [0.3, 0.4) is 0 Å². The minimum absolute atomic E-state index is 0.266. The van der Waals surface area contributed by atoms with Crippen LogP contribution in [0.5, 0.6) is 0 Å². The number of carbonyl (C=O) groups is 1. The lowest BCUT2D eigenvalue weighted by Gasteiger charge is -2.02. The Balaban J connectivity index is 4.40. The van der Waals surface area contributed by atoms with Gasteiger partial charge in [0.05, 0.1) is 12.2 Å². The predicted molar refractivity (Wildman–Crippen MR) is 47.2 cm³/mol. The Morgan fingerprint density at radius 1 is 1.73 bits per heavy atom. The number of esters is 1. The van der Waals surface area contributed by atoms with Gasteiger partial charge >= 0.3 is 5.97 Å². The maximum Gasteiger partial charge on any atom is 0.340 e. The van der Waals surface area contributed by atoms with Crippen LogP contribution in [0.15, 0.2) is 11.3 Å². The standard InChI is InChI=1S/C7H11NO2S/c1-3-10-7(9)6(4-11)5(2)8/h4H,3,8H2,1-2H3/b6-5-. The van der Waals surface area contributed by atoms with Crippen molar-refractivity contribution in [1.29, 1.82) is 0 Å². The minimum atomic E-state index is -0.456. The normalized spacial score (nSPS) is 11.8. The van der Waals surface area contributed by atoms with Crippen molar-refractivity contribution < 1.29 is 9.53 Å². The summed E-state index contributed by atoms with van der Waals surface area (Å²) in [5.41, 5.74) is 6.01. The Kier molecular flexibility index (Phi) is 4.45. The van der Waals surface area contributed by atoms with Gasteiger partial charge in [-0.2, -0.15) is 0 Å². The van der Waals surface area contributed by atoms with Gasteiger partial charge in [0.25, 0.3) is 0 Å². The van der Waals surface area contributed by atoms with E-state index in [4.69, 9.17) is 5.73 Å². The molecule has 0 fully saturated rings. The minimum Gasteiger partial charge on any atom is -0.462 e. The summed E-state index contributed by atoms with van der Waals surface area (Å²) >= 11 is 4.58. The molecule has 62 valence electrons. The molecule has 0 bridgehead atoms. The van der Waals surface area contributed by atoms with Crippen molar-refractivity contribution in [1.82, 2.24) is 0 Å². The zero-order valence-corrected chi connectivity index (χ0v) is 7.40. The lowest BCUT2D eigenvalue weighted by atomic mass is 10.2. The molecule has 0 aromatic rings.